The van der Waals surface area contributed by atoms with Gasteiger partial charge in [0, 0.05) is 18.1 Å². The van der Waals surface area contributed by atoms with E-state index in [-0.39, 0.29) is 30.5 Å². The normalized spacial score (nSPS) is 16.1. The van der Waals surface area contributed by atoms with Gasteiger partial charge in [-0.3, -0.25) is 19.1 Å². The largest absolute Gasteiger partial charge is 0.480 e. The molecule has 274 valence electrons. The van der Waals surface area contributed by atoms with Crippen molar-refractivity contribution in [3.63, 3.8) is 0 Å². The van der Waals surface area contributed by atoms with E-state index >= 15 is 0 Å². The lowest BCUT2D eigenvalue weighted by Gasteiger charge is -2.29. The van der Waals surface area contributed by atoms with Gasteiger partial charge in [-0.05, 0) is 86.8 Å². The molecule has 1 fully saturated rings. The van der Waals surface area contributed by atoms with Gasteiger partial charge in [0.25, 0.3) is 10.1 Å². The number of halogens is 1. The van der Waals surface area contributed by atoms with E-state index in [4.69, 9.17) is 47.9 Å². The third-order valence-electron chi connectivity index (χ3n) is 7.24. The number of carbonyl (C=O) groups is 3. The average molecular weight is 731 g/mol. The number of nitrogens with one attached hydrogen (secondary N) is 1. The fourth-order valence-electron chi connectivity index (χ4n) is 4.68. The molecule has 11 N–H and O–H groups in total. The maximum Gasteiger partial charge on any atom is 0.418 e. The first-order chi connectivity index (χ1) is 22.7. The fraction of sp³-hybridized carbons (Fsp3) is 0.484. The molecule has 18 heteroatoms. The third kappa shape index (κ3) is 18.4. The number of amides is 2. The number of hydrogen-bond acceptors (Lipinski definition) is 9. The predicted molar refractivity (Wildman–Crippen MR) is 186 cm³/mol. The lowest BCUT2D eigenvalue weighted by atomic mass is 9.83. The summed E-state index contributed by atoms with van der Waals surface area (Å²) in [4.78, 5) is 40.1. The van der Waals surface area contributed by atoms with Gasteiger partial charge in [0.1, 0.15) is 12.6 Å². The van der Waals surface area contributed by atoms with Crippen molar-refractivity contribution in [1.29, 1.82) is 0 Å². The molecule has 0 unspecified atom stereocenters. The molecule has 1 aliphatic rings. The zero-order chi connectivity index (χ0) is 35.5. The number of aliphatic imine (C=N–C) groups is 1. The molecule has 1 saturated carbocycles. The van der Waals surface area contributed by atoms with Crippen LogP contribution < -0.4 is 27.4 Å². The SMILES string of the molecule is NC(N)=NCCC[C@H](N)C(=O)O.O.O=C(COCC1CCC(COC(=O)N(c2ccccc2)c2ccc(Cl)cc2)CC1)NCCS(=O)(=O)O. The van der Waals surface area contributed by atoms with Gasteiger partial charge in [-0.1, -0.05) is 29.8 Å². The highest BCUT2D eigenvalue weighted by Crippen LogP contribution is 2.31. The second-order valence-electron chi connectivity index (χ2n) is 11.2. The summed E-state index contributed by atoms with van der Waals surface area (Å²) in [5.41, 5.74) is 16.7. The van der Waals surface area contributed by atoms with Crippen molar-refractivity contribution in [2.45, 2.75) is 44.6 Å². The maximum atomic E-state index is 13.0. The van der Waals surface area contributed by atoms with Crippen LogP contribution in [0.3, 0.4) is 0 Å². The topological polar surface area (TPSA) is 281 Å². The number of para-hydroxylation sites is 1. The van der Waals surface area contributed by atoms with E-state index in [1.54, 1.807) is 24.3 Å². The Labute approximate surface area is 291 Å². The first kappa shape index (κ1) is 43.0. The molecule has 16 nitrogen and oxygen atoms in total. The number of carbonyl (C=O) groups excluding carboxylic acids is 2. The van der Waals surface area contributed by atoms with Crippen LogP contribution in [0.2, 0.25) is 5.02 Å². The molecule has 0 spiro atoms. The lowest BCUT2D eigenvalue weighted by molar-refractivity contribution is -0.138. The van der Waals surface area contributed by atoms with Crippen molar-refractivity contribution in [2.75, 3.05) is 43.6 Å². The zero-order valence-electron chi connectivity index (χ0n) is 27.1. The zero-order valence-corrected chi connectivity index (χ0v) is 28.7. The first-order valence-corrected chi connectivity index (χ1v) is 17.3. The van der Waals surface area contributed by atoms with E-state index in [9.17, 15) is 22.8 Å². The van der Waals surface area contributed by atoms with Gasteiger partial charge in [0.05, 0.1) is 30.3 Å². The summed E-state index contributed by atoms with van der Waals surface area (Å²) < 4.78 is 41.1. The monoisotopic (exact) mass is 730 g/mol. The molecule has 0 bridgehead atoms. The summed E-state index contributed by atoms with van der Waals surface area (Å²) in [5, 5.41) is 11.3. The van der Waals surface area contributed by atoms with Crippen LogP contribution in [0.15, 0.2) is 59.6 Å². The highest BCUT2D eigenvalue weighted by atomic mass is 35.5. The highest BCUT2D eigenvalue weighted by molar-refractivity contribution is 7.85. The van der Waals surface area contributed by atoms with Crippen LogP contribution in [0.1, 0.15) is 38.5 Å². The molecular weight excluding hydrogens is 684 g/mol. The Bertz CT molecular complexity index is 1420. The van der Waals surface area contributed by atoms with Crippen molar-refractivity contribution >= 4 is 57.0 Å². The van der Waals surface area contributed by atoms with Crippen LogP contribution in [0.4, 0.5) is 16.2 Å². The van der Waals surface area contributed by atoms with E-state index in [1.807, 2.05) is 30.3 Å². The van der Waals surface area contributed by atoms with Crippen molar-refractivity contribution < 1.29 is 47.4 Å². The summed E-state index contributed by atoms with van der Waals surface area (Å²) in [6, 6.07) is 15.5. The van der Waals surface area contributed by atoms with Crippen LogP contribution in [0, 0.1) is 11.8 Å². The molecule has 0 heterocycles. The molecule has 0 aromatic heterocycles. The lowest BCUT2D eigenvalue weighted by Crippen LogP contribution is -2.33. The number of hydrogen-bond donors (Lipinski definition) is 6. The standard InChI is InChI=1S/C25H31ClN2O7S.C6H14N4O2.H2O/c26-21-10-12-23(13-11-21)28(22-4-2-1-3-5-22)25(30)35-17-20-8-6-19(7-9-20)16-34-18-24(29)27-14-15-36(31,32)33;7-4(5(11)12)2-1-3-10-6(8)9;/h1-5,10-13,19-20H,6-9,14-18H2,(H,27,29)(H,31,32,33);4H,1-3,7H2,(H,11,12)(H4,8,9,10);1H2/t;4-;/m.0./s1. The third-order valence-corrected chi connectivity index (χ3v) is 8.22. The van der Waals surface area contributed by atoms with Crippen molar-refractivity contribution in [2.24, 2.45) is 34.0 Å². The molecule has 2 amide bonds. The average Bonchev–Trinajstić information content (AvgIpc) is 3.04. The molecule has 3 rings (SSSR count). The minimum atomic E-state index is -4.10. The number of benzene rings is 2. The number of guanidine groups is 1. The van der Waals surface area contributed by atoms with Gasteiger partial charge in [0.2, 0.25) is 5.91 Å². The first-order valence-electron chi connectivity index (χ1n) is 15.4. The Morgan fingerprint density at radius 3 is 2.10 bits per heavy atom. The number of carboxylic acids is 1. The second-order valence-corrected chi connectivity index (χ2v) is 13.2. The number of nitrogens with two attached hydrogens (primary N) is 3. The number of carboxylic acid groups (broad SMARTS) is 1. The van der Waals surface area contributed by atoms with Gasteiger partial charge >= 0.3 is 12.1 Å². The molecule has 49 heavy (non-hydrogen) atoms. The van der Waals surface area contributed by atoms with Gasteiger partial charge in [-0.15, -0.1) is 0 Å². The molecular formula is C31H47ClN6O10S. The number of rotatable bonds is 16. The van der Waals surface area contributed by atoms with Crippen LogP contribution >= 0.6 is 11.6 Å². The second kappa shape index (κ2) is 22.6. The Balaban J connectivity index is 0.000000789. The molecule has 0 radical (unpaired) electrons. The molecule has 0 saturated heterocycles. The molecule has 1 aliphatic carbocycles. The Kier molecular flexibility index (Phi) is 19.8. The molecule has 1 atom stereocenters. The van der Waals surface area contributed by atoms with Crippen molar-refractivity contribution in [1.82, 2.24) is 5.32 Å². The molecule has 2 aromatic rings. The van der Waals surface area contributed by atoms with E-state index in [1.165, 1.54) is 4.90 Å². The number of ether oxygens (including phenoxy) is 2. The maximum absolute atomic E-state index is 13.0. The van der Waals surface area contributed by atoms with Gasteiger partial charge < -0.3 is 42.6 Å². The van der Waals surface area contributed by atoms with E-state index in [0.717, 1.165) is 25.7 Å². The number of anilines is 2. The smallest absolute Gasteiger partial charge is 0.418 e. The highest BCUT2D eigenvalue weighted by Gasteiger charge is 2.25. The van der Waals surface area contributed by atoms with Gasteiger partial charge in [0.15, 0.2) is 5.96 Å². The minimum Gasteiger partial charge on any atom is -0.480 e. The van der Waals surface area contributed by atoms with E-state index < -0.39 is 39.9 Å². The fourth-order valence-corrected chi connectivity index (χ4v) is 5.16. The van der Waals surface area contributed by atoms with Crippen molar-refractivity contribution in [3.8, 4) is 0 Å². The summed E-state index contributed by atoms with van der Waals surface area (Å²) >= 11 is 6.01. The van der Waals surface area contributed by atoms with Crippen LogP contribution in [0.5, 0.6) is 0 Å². The number of nitrogens with zero attached hydrogens (tertiary/aromatic N) is 2. The quantitative estimate of drug-likeness (QED) is 0.0626. The van der Waals surface area contributed by atoms with Crippen molar-refractivity contribution in [3.05, 3.63) is 59.6 Å². The van der Waals surface area contributed by atoms with Crippen LogP contribution in [-0.4, -0.2) is 92.2 Å². The van der Waals surface area contributed by atoms with E-state index in [2.05, 4.69) is 10.3 Å². The minimum absolute atomic E-state index is 0. The number of aliphatic carboxylic acids is 1. The van der Waals surface area contributed by atoms with Crippen LogP contribution in [0.25, 0.3) is 0 Å². The summed E-state index contributed by atoms with van der Waals surface area (Å²) in [7, 11) is -4.10. The summed E-state index contributed by atoms with van der Waals surface area (Å²) in [6.45, 7) is 0.840. The Hall–Kier alpha value is -4.00. The summed E-state index contributed by atoms with van der Waals surface area (Å²) in [6.07, 6.45) is 4.06. The Morgan fingerprint density at radius 2 is 1.55 bits per heavy atom. The Morgan fingerprint density at radius 1 is 0.980 bits per heavy atom. The van der Waals surface area contributed by atoms with Gasteiger partial charge in [-0.2, -0.15) is 8.42 Å². The van der Waals surface area contributed by atoms with E-state index in [0.29, 0.717) is 54.9 Å². The van der Waals surface area contributed by atoms with Crippen LogP contribution in [-0.2, 0) is 29.2 Å². The predicted octanol–water partition coefficient (Wildman–Crippen LogP) is 2.07. The van der Waals surface area contributed by atoms with Gasteiger partial charge in [-0.25, -0.2) is 9.69 Å². The molecule has 2 aromatic carbocycles. The summed E-state index contributed by atoms with van der Waals surface area (Å²) in [5.74, 6) is -1.40. The molecule has 0 aliphatic heterocycles.